The third kappa shape index (κ3) is 1.64. The van der Waals surface area contributed by atoms with E-state index in [-0.39, 0.29) is 29.8 Å². The number of methoxy groups -OCH3 is 1. The van der Waals surface area contributed by atoms with Crippen molar-refractivity contribution in [1.29, 1.82) is 0 Å². The second kappa shape index (κ2) is 3.87. The molecule has 14 heavy (non-hydrogen) atoms. The van der Waals surface area contributed by atoms with E-state index in [0.717, 1.165) is 0 Å². The van der Waals surface area contributed by atoms with E-state index in [0.29, 0.717) is 26.1 Å². The first kappa shape index (κ1) is 9.93. The molecule has 0 radical (unpaired) electrons. The van der Waals surface area contributed by atoms with Gasteiger partial charge in [0.25, 0.3) is 0 Å². The van der Waals surface area contributed by atoms with Crippen LogP contribution in [-0.4, -0.2) is 37.5 Å². The van der Waals surface area contributed by atoms with Crippen LogP contribution < -0.4 is 0 Å². The average Bonchev–Trinajstić information content (AvgIpc) is 2.16. The molecule has 0 amide bonds. The molecule has 1 aliphatic heterocycles. The Morgan fingerprint density at radius 3 is 2.43 bits per heavy atom. The fourth-order valence-corrected chi connectivity index (χ4v) is 2.55. The minimum Gasteiger partial charge on any atom is -0.469 e. The molecule has 2 fully saturated rings. The number of fused-ring (bicyclic) bond motifs is 2. The molecule has 1 saturated carbocycles. The monoisotopic (exact) mass is 200 g/mol. The molecule has 0 aromatic carbocycles. The van der Waals surface area contributed by atoms with E-state index in [1.807, 2.05) is 0 Å². The highest BCUT2D eigenvalue weighted by atomic mass is 16.5. The van der Waals surface area contributed by atoms with Crippen LogP contribution in [0.1, 0.15) is 12.8 Å². The van der Waals surface area contributed by atoms with Gasteiger partial charge in [0.2, 0.25) is 0 Å². The molecule has 1 heterocycles. The summed E-state index contributed by atoms with van der Waals surface area (Å²) in [6, 6.07) is 0. The van der Waals surface area contributed by atoms with Crippen LogP contribution in [0.5, 0.6) is 0 Å². The molecular formula is C10H16O4. The number of carbonyl (C=O) groups is 1. The first-order valence-corrected chi connectivity index (χ1v) is 5.06. The second-order valence-electron chi connectivity index (χ2n) is 4.24. The van der Waals surface area contributed by atoms with E-state index in [9.17, 15) is 9.90 Å². The summed E-state index contributed by atoms with van der Waals surface area (Å²) in [5, 5.41) is 9.83. The Balaban J connectivity index is 2.03. The molecular weight excluding hydrogens is 184 g/mol. The normalized spacial score (nSPS) is 41.9. The summed E-state index contributed by atoms with van der Waals surface area (Å²) < 4.78 is 10.1. The Morgan fingerprint density at radius 2 is 1.93 bits per heavy atom. The van der Waals surface area contributed by atoms with Crippen molar-refractivity contribution >= 4 is 5.97 Å². The molecule has 0 spiro atoms. The maximum Gasteiger partial charge on any atom is 0.308 e. The van der Waals surface area contributed by atoms with E-state index < -0.39 is 0 Å². The largest absolute Gasteiger partial charge is 0.469 e. The highest BCUT2D eigenvalue weighted by molar-refractivity contribution is 5.72. The van der Waals surface area contributed by atoms with Crippen molar-refractivity contribution in [3.05, 3.63) is 0 Å². The minimum absolute atomic E-state index is 0.0395. The predicted molar refractivity (Wildman–Crippen MR) is 48.5 cm³/mol. The SMILES string of the molecule is COC(=O)C1CC2COCC(C1)C2O. The van der Waals surface area contributed by atoms with Gasteiger partial charge in [-0.25, -0.2) is 0 Å². The number of rotatable bonds is 1. The number of aliphatic hydroxyl groups is 1. The quantitative estimate of drug-likeness (QED) is 0.614. The molecule has 2 bridgehead atoms. The summed E-state index contributed by atoms with van der Waals surface area (Å²) in [4.78, 5) is 11.4. The summed E-state index contributed by atoms with van der Waals surface area (Å²) in [5.74, 6) is 0.0503. The smallest absolute Gasteiger partial charge is 0.308 e. The number of ether oxygens (including phenoxy) is 2. The van der Waals surface area contributed by atoms with E-state index in [1.165, 1.54) is 7.11 Å². The van der Waals surface area contributed by atoms with Crippen LogP contribution in [-0.2, 0) is 14.3 Å². The van der Waals surface area contributed by atoms with Crippen LogP contribution in [0, 0.1) is 17.8 Å². The molecule has 1 saturated heterocycles. The van der Waals surface area contributed by atoms with Crippen molar-refractivity contribution in [3.63, 3.8) is 0 Å². The van der Waals surface area contributed by atoms with Gasteiger partial charge in [0.1, 0.15) is 0 Å². The van der Waals surface area contributed by atoms with Gasteiger partial charge in [-0.2, -0.15) is 0 Å². The van der Waals surface area contributed by atoms with Crippen LogP contribution in [0.4, 0.5) is 0 Å². The zero-order valence-electron chi connectivity index (χ0n) is 8.31. The summed E-state index contributed by atoms with van der Waals surface area (Å²) >= 11 is 0. The van der Waals surface area contributed by atoms with Crippen molar-refractivity contribution in [3.8, 4) is 0 Å². The Labute approximate surface area is 83.2 Å². The van der Waals surface area contributed by atoms with Gasteiger partial charge in [-0.1, -0.05) is 0 Å². The maximum atomic E-state index is 11.4. The topological polar surface area (TPSA) is 55.8 Å². The van der Waals surface area contributed by atoms with Gasteiger partial charge in [-0.05, 0) is 12.8 Å². The minimum atomic E-state index is -0.287. The first-order valence-electron chi connectivity index (χ1n) is 5.06. The number of hydrogen-bond donors (Lipinski definition) is 1. The molecule has 2 aliphatic rings. The number of hydrogen-bond acceptors (Lipinski definition) is 4. The molecule has 2 atom stereocenters. The number of esters is 1. The van der Waals surface area contributed by atoms with E-state index >= 15 is 0 Å². The molecule has 2 rings (SSSR count). The van der Waals surface area contributed by atoms with E-state index in [1.54, 1.807) is 0 Å². The Kier molecular flexibility index (Phi) is 2.74. The molecule has 0 aromatic heterocycles. The molecule has 4 heteroatoms. The zero-order valence-corrected chi connectivity index (χ0v) is 8.31. The van der Waals surface area contributed by atoms with Gasteiger partial charge >= 0.3 is 5.97 Å². The second-order valence-corrected chi connectivity index (χ2v) is 4.24. The lowest BCUT2D eigenvalue weighted by molar-refractivity contribution is -0.158. The molecule has 2 unspecified atom stereocenters. The molecule has 80 valence electrons. The van der Waals surface area contributed by atoms with Gasteiger partial charge in [-0.15, -0.1) is 0 Å². The van der Waals surface area contributed by atoms with Crippen molar-refractivity contribution in [2.45, 2.75) is 18.9 Å². The van der Waals surface area contributed by atoms with Gasteiger partial charge in [0.15, 0.2) is 0 Å². The fraction of sp³-hybridized carbons (Fsp3) is 0.900. The van der Waals surface area contributed by atoms with Gasteiger partial charge in [-0.3, -0.25) is 4.79 Å². The summed E-state index contributed by atoms with van der Waals surface area (Å²) in [5.41, 5.74) is 0. The Bertz CT molecular complexity index is 214. The molecule has 0 aromatic rings. The molecule has 4 nitrogen and oxygen atoms in total. The lowest BCUT2D eigenvalue weighted by Gasteiger charge is -2.41. The lowest BCUT2D eigenvalue weighted by Crippen LogP contribution is -2.47. The number of aliphatic hydroxyl groups excluding tert-OH is 1. The van der Waals surface area contributed by atoms with Crippen molar-refractivity contribution < 1.29 is 19.4 Å². The summed E-state index contributed by atoms with van der Waals surface area (Å²) in [7, 11) is 1.42. The standard InChI is InChI=1S/C10H16O4/c1-13-10(12)6-2-7-4-14-5-8(3-6)9(7)11/h6-9,11H,2-5H2,1H3. The lowest BCUT2D eigenvalue weighted by atomic mass is 9.72. The third-order valence-corrected chi connectivity index (χ3v) is 3.34. The molecule has 1 N–H and O–H groups in total. The van der Waals surface area contributed by atoms with Crippen molar-refractivity contribution in [1.82, 2.24) is 0 Å². The van der Waals surface area contributed by atoms with Crippen LogP contribution >= 0.6 is 0 Å². The zero-order chi connectivity index (χ0) is 10.1. The maximum absolute atomic E-state index is 11.4. The van der Waals surface area contributed by atoms with E-state index in [2.05, 4.69) is 0 Å². The summed E-state index contributed by atoms with van der Waals surface area (Å²) in [6.45, 7) is 1.15. The predicted octanol–water partition coefficient (Wildman–Crippen LogP) is 0.193. The van der Waals surface area contributed by atoms with Gasteiger partial charge in [0.05, 0.1) is 32.3 Å². The summed E-state index contributed by atoms with van der Waals surface area (Å²) in [6.07, 6.45) is 1.11. The molecule has 1 aliphatic carbocycles. The van der Waals surface area contributed by atoms with E-state index in [4.69, 9.17) is 9.47 Å². The van der Waals surface area contributed by atoms with Crippen LogP contribution in [0.15, 0.2) is 0 Å². The fourth-order valence-electron chi connectivity index (χ4n) is 2.55. The third-order valence-electron chi connectivity index (χ3n) is 3.34. The van der Waals surface area contributed by atoms with Gasteiger partial charge in [0, 0.05) is 11.8 Å². The highest BCUT2D eigenvalue weighted by Gasteiger charge is 2.42. The number of carbonyl (C=O) groups excluding carboxylic acids is 1. The van der Waals surface area contributed by atoms with Crippen molar-refractivity contribution in [2.75, 3.05) is 20.3 Å². The van der Waals surface area contributed by atoms with Crippen LogP contribution in [0.3, 0.4) is 0 Å². The van der Waals surface area contributed by atoms with Gasteiger partial charge < -0.3 is 14.6 Å². The first-order chi connectivity index (χ1) is 6.72. The van der Waals surface area contributed by atoms with Crippen LogP contribution in [0.2, 0.25) is 0 Å². The van der Waals surface area contributed by atoms with Crippen LogP contribution in [0.25, 0.3) is 0 Å². The Morgan fingerprint density at radius 1 is 1.36 bits per heavy atom. The highest BCUT2D eigenvalue weighted by Crippen LogP contribution is 2.37. The average molecular weight is 200 g/mol. The Hall–Kier alpha value is -0.610. The van der Waals surface area contributed by atoms with Crippen molar-refractivity contribution in [2.24, 2.45) is 17.8 Å².